The van der Waals surface area contributed by atoms with Gasteiger partial charge in [0, 0.05) is 23.8 Å². The lowest BCUT2D eigenvalue weighted by atomic mass is 9.93. The Labute approximate surface area is 91.3 Å². The molecule has 1 atom stereocenters. The number of aliphatic hydroxyl groups is 2. The van der Waals surface area contributed by atoms with Gasteiger partial charge in [-0.05, 0) is 12.7 Å². The number of thioether (sulfide) groups is 1. The molecular weight excluding hydrogens is 198 g/mol. The zero-order chi connectivity index (χ0) is 11.0. The monoisotopic (exact) mass is 221 g/mol. The summed E-state index contributed by atoms with van der Waals surface area (Å²) in [5.74, 6) is 2.20. The Morgan fingerprint density at radius 3 is 2.36 bits per heavy atom. The Hall–Kier alpha value is 0.230. The molecule has 14 heavy (non-hydrogen) atoms. The first-order valence-electron chi connectivity index (χ1n) is 5.11. The van der Waals surface area contributed by atoms with Crippen molar-refractivity contribution in [1.82, 2.24) is 5.32 Å². The molecule has 0 spiro atoms. The van der Waals surface area contributed by atoms with E-state index in [1.807, 2.05) is 18.7 Å². The minimum atomic E-state index is -0.398. The summed E-state index contributed by atoms with van der Waals surface area (Å²) in [4.78, 5) is 0. The third kappa shape index (κ3) is 5.86. The number of aliphatic hydroxyl groups excluding tert-OH is 2. The first-order valence-corrected chi connectivity index (χ1v) is 6.26. The molecule has 0 fully saturated rings. The van der Waals surface area contributed by atoms with Crippen LogP contribution in [0.2, 0.25) is 0 Å². The number of hydrogen-bond acceptors (Lipinski definition) is 4. The summed E-state index contributed by atoms with van der Waals surface area (Å²) in [6, 6.07) is 0.428. The van der Waals surface area contributed by atoms with Crippen molar-refractivity contribution in [2.24, 2.45) is 5.41 Å². The fourth-order valence-corrected chi connectivity index (χ4v) is 1.64. The highest BCUT2D eigenvalue weighted by Gasteiger charge is 2.22. The molecule has 0 rings (SSSR count). The lowest BCUT2D eigenvalue weighted by Gasteiger charge is -2.27. The van der Waals surface area contributed by atoms with Crippen LogP contribution in [0.4, 0.5) is 0 Å². The molecule has 3 nitrogen and oxygen atoms in total. The fraction of sp³-hybridized carbons (Fsp3) is 1.00. The SMILES string of the molecule is CCSCC(C)NCC(C)(CO)CO. The van der Waals surface area contributed by atoms with E-state index >= 15 is 0 Å². The second-order valence-corrected chi connectivity index (χ2v) is 5.39. The quantitative estimate of drug-likeness (QED) is 0.565. The first-order chi connectivity index (χ1) is 6.58. The molecule has 0 aromatic heterocycles. The molecule has 4 heteroatoms. The van der Waals surface area contributed by atoms with Crippen molar-refractivity contribution in [3.63, 3.8) is 0 Å². The molecule has 0 aromatic rings. The van der Waals surface area contributed by atoms with E-state index in [4.69, 9.17) is 10.2 Å². The Morgan fingerprint density at radius 1 is 1.36 bits per heavy atom. The molecule has 0 aliphatic heterocycles. The molecule has 0 bridgehead atoms. The van der Waals surface area contributed by atoms with Crippen LogP contribution in [0, 0.1) is 5.41 Å². The highest BCUT2D eigenvalue weighted by Crippen LogP contribution is 2.13. The number of hydrogen-bond donors (Lipinski definition) is 3. The average molecular weight is 221 g/mol. The Balaban J connectivity index is 3.68. The maximum absolute atomic E-state index is 9.07. The van der Waals surface area contributed by atoms with Crippen LogP contribution in [0.3, 0.4) is 0 Å². The molecule has 0 heterocycles. The van der Waals surface area contributed by atoms with Gasteiger partial charge in [0.05, 0.1) is 13.2 Å². The van der Waals surface area contributed by atoms with Gasteiger partial charge in [-0.2, -0.15) is 11.8 Å². The van der Waals surface area contributed by atoms with Gasteiger partial charge in [-0.3, -0.25) is 0 Å². The van der Waals surface area contributed by atoms with Crippen molar-refractivity contribution in [3.8, 4) is 0 Å². The van der Waals surface area contributed by atoms with E-state index in [1.54, 1.807) is 0 Å². The van der Waals surface area contributed by atoms with Crippen LogP contribution in [0.25, 0.3) is 0 Å². The average Bonchev–Trinajstić information content (AvgIpc) is 2.23. The summed E-state index contributed by atoms with van der Waals surface area (Å²) >= 11 is 1.89. The molecular formula is C10H23NO2S. The summed E-state index contributed by atoms with van der Waals surface area (Å²) < 4.78 is 0. The summed E-state index contributed by atoms with van der Waals surface area (Å²) in [5.41, 5.74) is -0.398. The van der Waals surface area contributed by atoms with E-state index in [9.17, 15) is 0 Å². The lowest BCUT2D eigenvalue weighted by molar-refractivity contribution is 0.0683. The van der Waals surface area contributed by atoms with E-state index < -0.39 is 5.41 Å². The van der Waals surface area contributed by atoms with Gasteiger partial charge >= 0.3 is 0 Å². The summed E-state index contributed by atoms with van der Waals surface area (Å²) in [6.45, 7) is 6.83. The maximum Gasteiger partial charge on any atom is 0.0518 e. The molecule has 0 aliphatic carbocycles. The predicted molar refractivity (Wildman–Crippen MR) is 62.7 cm³/mol. The Kier molecular flexibility index (Phi) is 7.64. The smallest absolute Gasteiger partial charge is 0.0518 e. The van der Waals surface area contributed by atoms with Gasteiger partial charge in [0.15, 0.2) is 0 Å². The van der Waals surface area contributed by atoms with Crippen LogP contribution in [0.15, 0.2) is 0 Å². The standard InChI is InChI=1S/C10H23NO2S/c1-4-14-5-9(2)11-6-10(3,7-12)8-13/h9,11-13H,4-8H2,1-3H3. The molecule has 3 N–H and O–H groups in total. The third-order valence-electron chi connectivity index (χ3n) is 2.21. The van der Waals surface area contributed by atoms with Crippen LogP contribution >= 0.6 is 11.8 Å². The van der Waals surface area contributed by atoms with Gasteiger partial charge in [-0.1, -0.05) is 13.8 Å². The van der Waals surface area contributed by atoms with Crippen molar-refractivity contribution >= 4 is 11.8 Å². The van der Waals surface area contributed by atoms with Gasteiger partial charge in [0.1, 0.15) is 0 Å². The molecule has 0 saturated carbocycles. The van der Waals surface area contributed by atoms with E-state index in [1.165, 1.54) is 0 Å². The van der Waals surface area contributed by atoms with E-state index in [0.29, 0.717) is 12.6 Å². The molecule has 0 radical (unpaired) electrons. The highest BCUT2D eigenvalue weighted by atomic mass is 32.2. The van der Waals surface area contributed by atoms with Crippen LogP contribution in [-0.2, 0) is 0 Å². The largest absolute Gasteiger partial charge is 0.396 e. The molecule has 0 amide bonds. The van der Waals surface area contributed by atoms with Crippen molar-refractivity contribution in [3.05, 3.63) is 0 Å². The van der Waals surface area contributed by atoms with E-state index in [0.717, 1.165) is 11.5 Å². The Morgan fingerprint density at radius 2 is 1.93 bits per heavy atom. The zero-order valence-electron chi connectivity index (χ0n) is 9.42. The molecule has 0 saturated heterocycles. The van der Waals surface area contributed by atoms with Crippen molar-refractivity contribution in [2.45, 2.75) is 26.8 Å². The molecule has 1 unspecified atom stereocenters. The van der Waals surface area contributed by atoms with Gasteiger partial charge in [0.25, 0.3) is 0 Å². The summed E-state index contributed by atoms with van der Waals surface area (Å²) in [5, 5.41) is 21.5. The normalized spacial score (nSPS) is 14.4. The van der Waals surface area contributed by atoms with Crippen LogP contribution in [-0.4, -0.2) is 47.5 Å². The second-order valence-electron chi connectivity index (χ2n) is 4.07. The molecule has 0 aromatic carbocycles. The van der Waals surface area contributed by atoms with Gasteiger partial charge in [-0.15, -0.1) is 0 Å². The highest BCUT2D eigenvalue weighted by molar-refractivity contribution is 7.99. The number of rotatable bonds is 8. The first kappa shape index (κ1) is 14.2. The second kappa shape index (κ2) is 7.51. The van der Waals surface area contributed by atoms with E-state index in [-0.39, 0.29) is 13.2 Å². The minimum Gasteiger partial charge on any atom is -0.396 e. The predicted octanol–water partition coefficient (Wildman–Crippen LogP) is 0.708. The third-order valence-corrected chi connectivity index (χ3v) is 3.36. The number of nitrogens with one attached hydrogen (secondary N) is 1. The van der Waals surface area contributed by atoms with Crippen LogP contribution < -0.4 is 5.32 Å². The summed E-state index contributed by atoms with van der Waals surface area (Å²) in [7, 11) is 0. The molecule has 86 valence electrons. The van der Waals surface area contributed by atoms with Crippen molar-refractivity contribution in [2.75, 3.05) is 31.3 Å². The van der Waals surface area contributed by atoms with Crippen LogP contribution in [0.1, 0.15) is 20.8 Å². The molecule has 0 aliphatic rings. The Bertz CT molecular complexity index is 140. The maximum atomic E-state index is 9.07. The topological polar surface area (TPSA) is 52.5 Å². The fourth-order valence-electron chi connectivity index (χ4n) is 0.936. The minimum absolute atomic E-state index is 0.0180. The van der Waals surface area contributed by atoms with Crippen LogP contribution in [0.5, 0.6) is 0 Å². The zero-order valence-corrected chi connectivity index (χ0v) is 10.2. The van der Waals surface area contributed by atoms with Gasteiger partial charge in [-0.25, -0.2) is 0 Å². The van der Waals surface area contributed by atoms with Gasteiger partial charge < -0.3 is 15.5 Å². The van der Waals surface area contributed by atoms with Gasteiger partial charge in [0.2, 0.25) is 0 Å². The van der Waals surface area contributed by atoms with Crippen molar-refractivity contribution in [1.29, 1.82) is 0 Å². The summed E-state index contributed by atoms with van der Waals surface area (Å²) in [6.07, 6.45) is 0. The lowest BCUT2D eigenvalue weighted by Crippen LogP contribution is -2.42. The van der Waals surface area contributed by atoms with E-state index in [2.05, 4.69) is 19.2 Å². The van der Waals surface area contributed by atoms with Crippen molar-refractivity contribution < 1.29 is 10.2 Å².